The fourth-order valence-electron chi connectivity index (χ4n) is 3.33. The second-order valence-electron chi connectivity index (χ2n) is 9.04. The van der Waals surface area contributed by atoms with Crippen LogP contribution in [0.2, 0.25) is 0 Å². The fraction of sp³-hybridized carbons (Fsp3) is 0.286. The molecule has 1 aromatic heterocycles. The topological polar surface area (TPSA) is 57.5 Å². The first-order chi connectivity index (χ1) is 15.6. The van der Waals surface area contributed by atoms with Gasteiger partial charge in [-0.3, -0.25) is 4.79 Å². The van der Waals surface area contributed by atoms with E-state index in [0.29, 0.717) is 17.0 Å². The highest BCUT2D eigenvalue weighted by Gasteiger charge is 2.17. The van der Waals surface area contributed by atoms with Crippen molar-refractivity contribution in [3.8, 4) is 5.75 Å². The van der Waals surface area contributed by atoms with Crippen molar-refractivity contribution in [1.82, 2.24) is 4.57 Å². The number of rotatable bonds is 8. The molecule has 3 rings (SSSR count). The van der Waals surface area contributed by atoms with Gasteiger partial charge in [0.25, 0.3) is 0 Å². The van der Waals surface area contributed by atoms with E-state index in [1.807, 2.05) is 118 Å². The average Bonchev–Trinajstić information content (AvgIpc) is 3.26. The number of hydrogen-bond acceptors (Lipinski definition) is 4. The summed E-state index contributed by atoms with van der Waals surface area (Å²) in [5.74, 6) is 0.206. The number of aryl methyl sites for hydroxylation is 1. The minimum Gasteiger partial charge on any atom is -0.482 e. The van der Waals surface area contributed by atoms with Gasteiger partial charge in [0.2, 0.25) is 5.78 Å². The summed E-state index contributed by atoms with van der Waals surface area (Å²) in [6, 6.07) is 18.8. The van der Waals surface area contributed by atoms with Crippen LogP contribution in [0.15, 0.2) is 72.9 Å². The Morgan fingerprint density at radius 2 is 1.67 bits per heavy atom. The highest BCUT2D eigenvalue weighted by Crippen LogP contribution is 2.20. The molecular weight excluding hydrogens is 414 g/mol. The molecule has 0 saturated heterocycles. The molecular formula is C28H31NO4. The van der Waals surface area contributed by atoms with Crippen LogP contribution in [-0.4, -0.2) is 28.5 Å². The molecule has 1 heterocycles. The Hall–Kier alpha value is -3.60. The van der Waals surface area contributed by atoms with Gasteiger partial charge in [0.1, 0.15) is 11.4 Å². The van der Waals surface area contributed by atoms with Crippen molar-refractivity contribution >= 4 is 17.8 Å². The normalized spacial score (nSPS) is 12.5. The number of aromatic nitrogens is 1. The number of benzene rings is 2. The Morgan fingerprint density at radius 3 is 2.30 bits per heavy atom. The number of carbonyl (C=O) groups is 2. The fourth-order valence-corrected chi connectivity index (χ4v) is 3.33. The molecule has 5 heteroatoms. The van der Waals surface area contributed by atoms with E-state index in [-0.39, 0.29) is 18.4 Å². The van der Waals surface area contributed by atoms with Crippen LogP contribution in [-0.2, 0) is 9.53 Å². The van der Waals surface area contributed by atoms with Gasteiger partial charge >= 0.3 is 5.97 Å². The SMILES string of the molecule is Cc1ccc(C(=O)c2cccn2C(C)/C=C/c2ccc(OCC(=O)OC(C)(C)C)cc2)cc1. The van der Waals surface area contributed by atoms with Crippen molar-refractivity contribution in [3.05, 3.63) is 95.3 Å². The van der Waals surface area contributed by atoms with E-state index in [1.165, 1.54) is 0 Å². The van der Waals surface area contributed by atoms with E-state index < -0.39 is 11.6 Å². The molecule has 172 valence electrons. The summed E-state index contributed by atoms with van der Waals surface area (Å²) in [5, 5.41) is 0. The summed E-state index contributed by atoms with van der Waals surface area (Å²) >= 11 is 0. The molecule has 33 heavy (non-hydrogen) atoms. The van der Waals surface area contributed by atoms with Crippen molar-refractivity contribution in [2.24, 2.45) is 0 Å². The third-order valence-electron chi connectivity index (χ3n) is 4.99. The minimum atomic E-state index is -0.532. The van der Waals surface area contributed by atoms with Gasteiger partial charge in [-0.05, 0) is 64.4 Å². The quantitative estimate of drug-likeness (QED) is 0.314. The average molecular weight is 446 g/mol. The lowest BCUT2D eigenvalue weighted by Gasteiger charge is -2.19. The molecule has 0 bridgehead atoms. The smallest absolute Gasteiger partial charge is 0.344 e. The Labute approximate surface area is 195 Å². The number of ether oxygens (including phenoxy) is 2. The molecule has 0 aliphatic heterocycles. The molecule has 0 fully saturated rings. The van der Waals surface area contributed by atoms with Crippen molar-refractivity contribution in [3.63, 3.8) is 0 Å². The van der Waals surface area contributed by atoms with Crippen LogP contribution in [0, 0.1) is 6.92 Å². The predicted molar refractivity (Wildman–Crippen MR) is 131 cm³/mol. The van der Waals surface area contributed by atoms with Gasteiger partial charge in [0.15, 0.2) is 6.61 Å². The van der Waals surface area contributed by atoms with E-state index in [9.17, 15) is 9.59 Å². The van der Waals surface area contributed by atoms with Crippen LogP contribution < -0.4 is 4.74 Å². The van der Waals surface area contributed by atoms with Crippen LogP contribution >= 0.6 is 0 Å². The number of nitrogens with zero attached hydrogens (tertiary/aromatic N) is 1. The number of esters is 1. The molecule has 0 N–H and O–H groups in total. The number of allylic oxidation sites excluding steroid dienone is 1. The first-order valence-corrected chi connectivity index (χ1v) is 11.0. The van der Waals surface area contributed by atoms with Gasteiger partial charge in [-0.25, -0.2) is 4.79 Å². The van der Waals surface area contributed by atoms with Crippen molar-refractivity contribution in [1.29, 1.82) is 0 Å². The molecule has 0 aliphatic rings. The highest BCUT2D eigenvalue weighted by atomic mass is 16.6. The van der Waals surface area contributed by atoms with Crippen molar-refractivity contribution in [2.75, 3.05) is 6.61 Å². The summed E-state index contributed by atoms with van der Waals surface area (Å²) in [5.41, 5.74) is 2.92. The predicted octanol–water partition coefficient (Wildman–Crippen LogP) is 6.02. The Balaban J connectivity index is 1.62. The first kappa shape index (κ1) is 24.1. The van der Waals surface area contributed by atoms with Crippen LogP contribution in [0.3, 0.4) is 0 Å². The lowest BCUT2D eigenvalue weighted by atomic mass is 10.1. The standard InChI is InChI=1S/C28H31NO4/c1-20-8-14-23(15-9-20)27(31)25-7-6-18-29(25)21(2)10-11-22-12-16-24(17-13-22)32-19-26(30)33-28(3,4)5/h6-18,21H,19H2,1-5H3/b11-10+. The number of hydrogen-bond donors (Lipinski definition) is 0. The van der Waals surface area contributed by atoms with Crippen LogP contribution in [0.25, 0.3) is 6.08 Å². The summed E-state index contributed by atoms with van der Waals surface area (Å²) < 4.78 is 12.7. The molecule has 0 radical (unpaired) electrons. The number of ketones is 1. The third kappa shape index (κ3) is 6.94. The van der Waals surface area contributed by atoms with Gasteiger partial charge in [-0.2, -0.15) is 0 Å². The van der Waals surface area contributed by atoms with E-state index in [4.69, 9.17) is 9.47 Å². The van der Waals surface area contributed by atoms with E-state index in [0.717, 1.165) is 11.1 Å². The summed E-state index contributed by atoms with van der Waals surface area (Å²) in [4.78, 5) is 24.7. The van der Waals surface area contributed by atoms with Gasteiger partial charge in [-0.15, -0.1) is 0 Å². The lowest BCUT2D eigenvalue weighted by Crippen LogP contribution is -2.27. The molecule has 0 amide bonds. The van der Waals surface area contributed by atoms with Gasteiger partial charge < -0.3 is 14.0 Å². The van der Waals surface area contributed by atoms with Crippen molar-refractivity contribution < 1.29 is 19.1 Å². The molecule has 2 aromatic carbocycles. The maximum atomic E-state index is 13.0. The van der Waals surface area contributed by atoms with Gasteiger partial charge in [0, 0.05) is 17.8 Å². The van der Waals surface area contributed by atoms with Gasteiger partial charge in [-0.1, -0.05) is 54.1 Å². The summed E-state index contributed by atoms with van der Waals surface area (Å²) in [6.07, 6.45) is 5.97. The van der Waals surface area contributed by atoms with E-state index >= 15 is 0 Å². The maximum absolute atomic E-state index is 13.0. The molecule has 1 unspecified atom stereocenters. The second kappa shape index (κ2) is 10.3. The van der Waals surface area contributed by atoms with Crippen LogP contribution in [0.4, 0.5) is 0 Å². The Kier molecular flexibility index (Phi) is 7.54. The highest BCUT2D eigenvalue weighted by molar-refractivity contribution is 6.08. The summed E-state index contributed by atoms with van der Waals surface area (Å²) in [6.45, 7) is 9.38. The molecule has 0 aliphatic carbocycles. The third-order valence-corrected chi connectivity index (χ3v) is 4.99. The zero-order chi connectivity index (χ0) is 24.0. The molecule has 1 atom stereocenters. The zero-order valence-corrected chi connectivity index (χ0v) is 19.9. The minimum absolute atomic E-state index is 0.00624. The van der Waals surface area contributed by atoms with Gasteiger partial charge in [0.05, 0.1) is 5.69 Å². The monoisotopic (exact) mass is 445 g/mol. The van der Waals surface area contributed by atoms with Crippen molar-refractivity contribution in [2.45, 2.75) is 46.3 Å². The first-order valence-electron chi connectivity index (χ1n) is 11.0. The van der Waals surface area contributed by atoms with E-state index in [1.54, 1.807) is 0 Å². The molecule has 0 saturated carbocycles. The van der Waals surface area contributed by atoms with Crippen LogP contribution in [0.5, 0.6) is 5.75 Å². The molecule has 5 nitrogen and oxygen atoms in total. The zero-order valence-electron chi connectivity index (χ0n) is 19.9. The maximum Gasteiger partial charge on any atom is 0.344 e. The van der Waals surface area contributed by atoms with E-state index in [2.05, 4.69) is 0 Å². The molecule has 0 spiro atoms. The molecule has 3 aromatic rings. The lowest BCUT2D eigenvalue weighted by molar-refractivity contribution is -0.157. The van der Waals surface area contributed by atoms with Crippen LogP contribution in [0.1, 0.15) is 60.9 Å². The number of carbonyl (C=O) groups excluding carboxylic acids is 2. The largest absolute Gasteiger partial charge is 0.482 e. The summed E-state index contributed by atoms with van der Waals surface area (Å²) in [7, 11) is 0. The second-order valence-corrected chi connectivity index (χ2v) is 9.04. The Bertz CT molecular complexity index is 1120. The Morgan fingerprint density at radius 1 is 1.00 bits per heavy atom.